The van der Waals surface area contributed by atoms with Crippen LogP contribution in [0.1, 0.15) is 6.92 Å². The van der Waals surface area contributed by atoms with Gasteiger partial charge in [0.2, 0.25) is 0 Å². The molecule has 0 aliphatic rings. The second-order valence-electron chi connectivity index (χ2n) is 3.28. The maximum atomic E-state index is 11.8. The molecule has 18 heavy (non-hydrogen) atoms. The lowest BCUT2D eigenvalue weighted by Crippen LogP contribution is -2.35. The van der Waals surface area contributed by atoms with E-state index < -0.39 is 12.0 Å². The Morgan fingerprint density at radius 2 is 2.00 bits per heavy atom. The summed E-state index contributed by atoms with van der Waals surface area (Å²) < 4.78 is 0. The number of nitrogens with one attached hydrogen (secondary N) is 2. The van der Waals surface area contributed by atoms with Crippen LogP contribution in [0, 0.1) is 0 Å². The number of nitrogens with zero attached hydrogens (tertiary/aromatic N) is 2. The molecule has 0 heterocycles. The van der Waals surface area contributed by atoms with Gasteiger partial charge in [0, 0.05) is 21.1 Å². The van der Waals surface area contributed by atoms with Crippen LogP contribution in [-0.2, 0) is 14.5 Å². The predicted molar refractivity (Wildman–Crippen MR) is 65.6 cm³/mol. The zero-order chi connectivity index (χ0) is 14.1. The van der Waals surface area contributed by atoms with Gasteiger partial charge in [0.25, 0.3) is 5.91 Å². The summed E-state index contributed by atoms with van der Waals surface area (Å²) in [6.07, 6.45) is -0.789. The predicted octanol–water partition coefficient (Wildman–Crippen LogP) is -0.159. The zero-order valence-electron chi connectivity index (χ0n) is 10.9. The maximum absolute atomic E-state index is 11.8. The Morgan fingerprint density at radius 1 is 1.39 bits per heavy atom. The average Bonchev–Trinajstić information content (AvgIpc) is 2.35. The molecular formula is C10H18N4O4. The van der Waals surface area contributed by atoms with E-state index in [2.05, 4.69) is 27.4 Å². The third-order valence-corrected chi connectivity index (χ3v) is 1.66. The summed E-state index contributed by atoms with van der Waals surface area (Å²) in [5, 5.41) is 5.64. The molecule has 0 rings (SSSR count). The number of hydrogen-bond acceptors (Lipinski definition) is 6. The molecule has 0 spiro atoms. The Labute approximate surface area is 106 Å². The van der Waals surface area contributed by atoms with E-state index in [1.165, 1.54) is 26.0 Å². The fourth-order valence-electron chi connectivity index (χ4n) is 0.775. The van der Waals surface area contributed by atoms with Crippen molar-refractivity contribution in [2.45, 2.75) is 6.92 Å². The van der Waals surface area contributed by atoms with E-state index in [4.69, 9.17) is 4.84 Å². The van der Waals surface area contributed by atoms with Crippen LogP contribution in [0.25, 0.3) is 0 Å². The molecule has 0 aromatic rings. The number of rotatable bonds is 6. The van der Waals surface area contributed by atoms with E-state index in [0.29, 0.717) is 6.61 Å². The molecular weight excluding hydrogens is 240 g/mol. The first-order valence-corrected chi connectivity index (χ1v) is 5.19. The molecule has 0 fully saturated rings. The fourth-order valence-corrected chi connectivity index (χ4v) is 0.775. The van der Waals surface area contributed by atoms with Gasteiger partial charge in [-0.25, -0.2) is 4.79 Å². The highest BCUT2D eigenvalue weighted by atomic mass is 16.7. The van der Waals surface area contributed by atoms with Crippen LogP contribution >= 0.6 is 0 Å². The number of carbonyl (C=O) groups is 2. The first-order valence-electron chi connectivity index (χ1n) is 5.19. The Hall–Kier alpha value is -2.09. The van der Waals surface area contributed by atoms with Crippen molar-refractivity contribution < 1.29 is 19.3 Å². The Kier molecular flexibility index (Phi) is 7.13. The SMILES string of the molecule is C=C(NOCC)C(=NOC(=O)NC)C(=O)N(C)C. The second kappa shape index (κ2) is 8.07. The van der Waals surface area contributed by atoms with Gasteiger partial charge in [-0.05, 0) is 6.92 Å². The maximum Gasteiger partial charge on any atom is 0.433 e. The lowest BCUT2D eigenvalue weighted by atomic mass is 10.3. The van der Waals surface area contributed by atoms with Crippen LogP contribution in [0.15, 0.2) is 17.4 Å². The minimum Gasteiger partial charge on any atom is -0.343 e. The molecule has 0 unspecified atom stereocenters. The molecule has 8 heteroatoms. The largest absolute Gasteiger partial charge is 0.433 e. The molecule has 0 saturated heterocycles. The van der Waals surface area contributed by atoms with Gasteiger partial charge >= 0.3 is 6.09 Å². The normalized spacial score (nSPS) is 10.6. The highest BCUT2D eigenvalue weighted by molar-refractivity contribution is 6.44. The minimum atomic E-state index is -0.789. The van der Waals surface area contributed by atoms with Crippen molar-refractivity contribution in [3.63, 3.8) is 0 Å². The van der Waals surface area contributed by atoms with Crippen molar-refractivity contribution in [3.05, 3.63) is 12.3 Å². The Bertz CT molecular complexity index is 352. The van der Waals surface area contributed by atoms with Crippen molar-refractivity contribution in [1.29, 1.82) is 0 Å². The van der Waals surface area contributed by atoms with E-state index in [0.717, 1.165) is 0 Å². The molecule has 0 bridgehead atoms. The summed E-state index contributed by atoms with van der Waals surface area (Å²) >= 11 is 0. The van der Waals surface area contributed by atoms with Crippen molar-refractivity contribution in [1.82, 2.24) is 15.7 Å². The number of amides is 2. The van der Waals surface area contributed by atoms with E-state index in [9.17, 15) is 9.59 Å². The highest BCUT2D eigenvalue weighted by Crippen LogP contribution is 1.97. The minimum absolute atomic E-state index is 0.0967. The van der Waals surface area contributed by atoms with Crippen molar-refractivity contribution in [3.8, 4) is 0 Å². The number of hydrogen-bond donors (Lipinski definition) is 2. The molecule has 0 aromatic heterocycles. The molecule has 2 N–H and O–H groups in total. The Balaban J connectivity index is 4.87. The molecule has 0 aromatic carbocycles. The first kappa shape index (κ1) is 15.9. The summed E-state index contributed by atoms with van der Waals surface area (Å²) in [7, 11) is 4.44. The van der Waals surface area contributed by atoms with Crippen LogP contribution in [0.3, 0.4) is 0 Å². The number of oxime groups is 1. The molecule has 8 nitrogen and oxygen atoms in total. The van der Waals surface area contributed by atoms with Gasteiger partial charge in [0.05, 0.1) is 12.3 Å². The van der Waals surface area contributed by atoms with Crippen LogP contribution in [0.2, 0.25) is 0 Å². The summed E-state index contributed by atoms with van der Waals surface area (Å²) in [5.74, 6) is -0.476. The Morgan fingerprint density at radius 3 is 2.44 bits per heavy atom. The van der Waals surface area contributed by atoms with E-state index in [1.807, 2.05) is 0 Å². The topological polar surface area (TPSA) is 92.3 Å². The zero-order valence-corrected chi connectivity index (χ0v) is 10.9. The molecule has 0 radical (unpaired) electrons. The quantitative estimate of drug-likeness (QED) is 0.392. The van der Waals surface area contributed by atoms with Crippen molar-refractivity contribution >= 4 is 17.7 Å². The molecule has 0 aliphatic carbocycles. The third kappa shape index (κ3) is 5.30. The van der Waals surface area contributed by atoms with Gasteiger partial charge in [-0.2, -0.15) is 0 Å². The molecule has 2 amide bonds. The van der Waals surface area contributed by atoms with Crippen molar-refractivity contribution in [2.75, 3.05) is 27.7 Å². The van der Waals surface area contributed by atoms with Crippen LogP contribution in [0.5, 0.6) is 0 Å². The number of hydroxylamine groups is 1. The smallest absolute Gasteiger partial charge is 0.343 e. The molecule has 0 atom stereocenters. The summed E-state index contributed by atoms with van der Waals surface area (Å²) in [4.78, 5) is 33.3. The van der Waals surface area contributed by atoms with E-state index in [1.54, 1.807) is 6.92 Å². The molecule has 102 valence electrons. The van der Waals surface area contributed by atoms with Gasteiger partial charge in [0.1, 0.15) is 0 Å². The van der Waals surface area contributed by atoms with Gasteiger partial charge < -0.3 is 10.2 Å². The highest BCUT2D eigenvalue weighted by Gasteiger charge is 2.19. The lowest BCUT2D eigenvalue weighted by Gasteiger charge is -2.14. The van der Waals surface area contributed by atoms with E-state index >= 15 is 0 Å². The van der Waals surface area contributed by atoms with Crippen molar-refractivity contribution in [2.24, 2.45) is 5.16 Å². The third-order valence-electron chi connectivity index (χ3n) is 1.66. The molecule has 0 aliphatic heterocycles. The summed E-state index contributed by atoms with van der Waals surface area (Å²) in [5.41, 5.74) is 2.37. The summed E-state index contributed by atoms with van der Waals surface area (Å²) in [6.45, 7) is 5.70. The van der Waals surface area contributed by atoms with Gasteiger partial charge in [-0.15, -0.1) is 0 Å². The van der Waals surface area contributed by atoms with Gasteiger partial charge in [-0.3, -0.25) is 19.9 Å². The summed E-state index contributed by atoms with van der Waals surface area (Å²) in [6, 6.07) is 0. The van der Waals surface area contributed by atoms with Gasteiger partial charge in [0.15, 0.2) is 5.71 Å². The lowest BCUT2D eigenvalue weighted by molar-refractivity contribution is -0.121. The monoisotopic (exact) mass is 258 g/mol. The van der Waals surface area contributed by atoms with Crippen LogP contribution < -0.4 is 10.8 Å². The van der Waals surface area contributed by atoms with Gasteiger partial charge in [-0.1, -0.05) is 11.7 Å². The fraction of sp³-hybridized carbons (Fsp3) is 0.500. The molecule has 0 saturated carbocycles. The first-order chi connectivity index (χ1) is 8.43. The van der Waals surface area contributed by atoms with Crippen LogP contribution in [-0.4, -0.2) is 50.4 Å². The number of carbonyl (C=O) groups excluding carboxylic acids is 2. The van der Waals surface area contributed by atoms with E-state index in [-0.39, 0.29) is 11.4 Å². The van der Waals surface area contributed by atoms with Crippen LogP contribution in [0.4, 0.5) is 4.79 Å². The second-order valence-corrected chi connectivity index (χ2v) is 3.28. The average molecular weight is 258 g/mol. The standard InChI is InChI=1S/C10H18N4O4/c1-6-17-12-7(2)8(9(15)14(4)5)13-18-10(16)11-3/h12H,2,6H2,1,3-5H3,(H,11,16).